The maximum Gasteiger partial charge on any atom is 0.117 e. The third-order valence-electron chi connectivity index (χ3n) is 1.06. The van der Waals surface area contributed by atoms with Crippen LogP contribution in [0.1, 0.15) is 20.8 Å². The summed E-state index contributed by atoms with van der Waals surface area (Å²) in [4.78, 5) is 0. The van der Waals surface area contributed by atoms with Crippen molar-refractivity contribution < 1.29 is 5.11 Å². The topological polar surface area (TPSA) is 20.2 Å². The van der Waals surface area contributed by atoms with Crippen LogP contribution in [0.4, 0.5) is 0 Å². The van der Waals surface area contributed by atoms with Crippen molar-refractivity contribution in [3.05, 3.63) is 12.2 Å². The van der Waals surface area contributed by atoms with Gasteiger partial charge >= 0.3 is 0 Å². The second-order valence-corrected chi connectivity index (χ2v) is 2.74. The largest absolute Gasteiger partial charge is 0.380 e. The van der Waals surface area contributed by atoms with Crippen LogP contribution in [-0.4, -0.2) is 11.2 Å². The molecule has 0 saturated heterocycles. The summed E-state index contributed by atoms with van der Waals surface area (Å²) in [5, 5.41) is 9.16. The van der Waals surface area contributed by atoms with Crippen molar-refractivity contribution in [2.24, 2.45) is 5.92 Å². The van der Waals surface area contributed by atoms with E-state index in [0.29, 0.717) is 0 Å². The molecule has 0 heterocycles. The molecule has 0 aromatic carbocycles. The summed E-state index contributed by atoms with van der Waals surface area (Å²) < 4.78 is 0. The number of aliphatic hydroxyl groups excluding tert-OH is 1. The molecule has 0 amide bonds. The number of aliphatic hydroxyl groups is 1. The van der Waals surface area contributed by atoms with Crippen molar-refractivity contribution >= 4 is 0 Å². The first kappa shape index (κ1) is 9.26. The fourth-order valence-electron chi connectivity index (χ4n) is 0.364. The van der Waals surface area contributed by atoms with Gasteiger partial charge < -0.3 is 5.11 Å². The molecule has 0 spiro atoms. The minimum absolute atomic E-state index is 0.201. The molecule has 0 saturated carbocycles. The van der Waals surface area contributed by atoms with E-state index in [1.54, 1.807) is 0 Å². The molecule has 1 heteroatoms. The molecule has 1 atom stereocenters. The SMILES string of the molecule is C=C(C)C#CC(O)C(C)C. The first-order chi connectivity index (χ1) is 4.54. The summed E-state index contributed by atoms with van der Waals surface area (Å²) in [6.45, 7) is 9.28. The van der Waals surface area contributed by atoms with Gasteiger partial charge in [0.25, 0.3) is 0 Å². The number of allylic oxidation sites excluding steroid dienone is 1. The molecular weight excluding hydrogens is 124 g/mol. The zero-order valence-electron chi connectivity index (χ0n) is 6.81. The second kappa shape index (κ2) is 4.14. The van der Waals surface area contributed by atoms with E-state index >= 15 is 0 Å². The highest BCUT2D eigenvalue weighted by Crippen LogP contribution is 1.98. The van der Waals surface area contributed by atoms with Gasteiger partial charge in [0.2, 0.25) is 0 Å². The molecule has 0 aromatic heterocycles. The van der Waals surface area contributed by atoms with E-state index in [2.05, 4.69) is 18.4 Å². The minimum Gasteiger partial charge on any atom is -0.380 e. The molecule has 10 heavy (non-hydrogen) atoms. The lowest BCUT2D eigenvalue weighted by molar-refractivity contribution is 0.181. The minimum atomic E-state index is -0.517. The van der Waals surface area contributed by atoms with Crippen LogP contribution in [0.5, 0.6) is 0 Å². The summed E-state index contributed by atoms with van der Waals surface area (Å²) in [7, 11) is 0. The first-order valence-electron chi connectivity index (χ1n) is 3.39. The molecule has 0 aromatic rings. The van der Waals surface area contributed by atoms with Gasteiger partial charge in [-0.25, -0.2) is 0 Å². The van der Waals surface area contributed by atoms with Crippen LogP contribution in [0.25, 0.3) is 0 Å². The van der Waals surface area contributed by atoms with Crippen molar-refractivity contribution in [2.45, 2.75) is 26.9 Å². The van der Waals surface area contributed by atoms with Crippen LogP contribution in [0.2, 0.25) is 0 Å². The maximum absolute atomic E-state index is 9.16. The van der Waals surface area contributed by atoms with Gasteiger partial charge in [-0.1, -0.05) is 32.3 Å². The van der Waals surface area contributed by atoms with Crippen LogP contribution in [0, 0.1) is 17.8 Å². The van der Waals surface area contributed by atoms with E-state index in [1.165, 1.54) is 0 Å². The Hall–Kier alpha value is -0.740. The lowest BCUT2D eigenvalue weighted by atomic mass is 10.1. The van der Waals surface area contributed by atoms with Crippen LogP contribution in [0.3, 0.4) is 0 Å². The quantitative estimate of drug-likeness (QED) is 0.545. The molecule has 0 aliphatic carbocycles. The van der Waals surface area contributed by atoms with Gasteiger partial charge in [0.1, 0.15) is 6.10 Å². The lowest BCUT2D eigenvalue weighted by Crippen LogP contribution is -2.11. The molecule has 0 bridgehead atoms. The molecule has 1 unspecified atom stereocenters. The van der Waals surface area contributed by atoms with Gasteiger partial charge in [-0.15, -0.1) is 0 Å². The van der Waals surface area contributed by atoms with Gasteiger partial charge in [0.05, 0.1) is 0 Å². The smallest absolute Gasteiger partial charge is 0.117 e. The lowest BCUT2D eigenvalue weighted by Gasteiger charge is -2.04. The molecule has 0 fully saturated rings. The second-order valence-electron chi connectivity index (χ2n) is 2.74. The fraction of sp³-hybridized carbons (Fsp3) is 0.556. The zero-order chi connectivity index (χ0) is 8.15. The summed E-state index contributed by atoms with van der Waals surface area (Å²) in [6, 6.07) is 0. The summed E-state index contributed by atoms with van der Waals surface area (Å²) in [5.74, 6) is 5.62. The first-order valence-corrected chi connectivity index (χ1v) is 3.39. The van der Waals surface area contributed by atoms with Crippen LogP contribution < -0.4 is 0 Å². The third kappa shape index (κ3) is 4.17. The monoisotopic (exact) mass is 138 g/mol. The standard InChI is InChI=1S/C9H14O/c1-7(2)5-6-9(10)8(3)4/h8-10H,1H2,2-4H3. The predicted octanol–water partition coefficient (Wildman–Crippen LogP) is 1.58. The fourth-order valence-corrected chi connectivity index (χ4v) is 0.364. The van der Waals surface area contributed by atoms with Crippen molar-refractivity contribution in [3.8, 4) is 11.8 Å². The van der Waals surface area contributed by atoms with Crippen LogP contribution in [-0.2, 0) is 0 Å². The number of hydrogen-bond acceptors (Lipinski definition) is 1. The van der Waals surface area contributed by atoms with Gasteiger partial charge in [0.15, 0.2) is 0 Å². The molecule has 0 radical (unpaired) electrons. The maximum atomic E-state index is 9.16. The van der Waals surface area contributed by atoms with E-state index in [9.17, 15) is 0 Å². The summed E-state index contributed by atoms with van der Waals surface area (Å²) in [6.07, 6.45) is -0.517. The van der Waals surface area contributed by atoms with Gasteiger partial charge in [0, 0.05) is 0 Å². The molecule has 56 valence electrons. The van der Waals surface area contributed by atoms with Gasteiger partial charge in [-0.05, 0) is 18.4 Å². The Balaban J connectivity index is 3.92. The van der Waals surface area contributed by atoms with Gasteiger partial charge in [-0.3, -0.25) is 0 Å². The highest BCUT2D eigenvalue weighted by atomic mass is 16.3. The van der Waals surface area contributed by atoms with E-state index in [1.807, 2.05) is 20.8 Å². The highest BCUT2D eigenvalue weighted by Gasteiger charge is 2.02. The summed E-state index contributed by atoms with van der Waals surface area (Å²) >= 11 is 0. The van der Waals surface area contributed by atoms with Crippen LogP contribution in [0.15, 0.2) is 12.2 Å². The Bertz CT molecular complexity index is 169. The Kier molecular flexibility index (Phi) is 3.83. The summed E-state index contributed by atoms with van der Waals surface area (Å²) in [5.41, 5.74) is 0.791. The van der Waals surface area contributed by atoms with E-state index in [0.717, 1.165) is 5.57 Å². The normalized spacial score (nSPS) is 12.1. The van der Waals surface area contributed by atoms with Crippen molar-refractivity contribution in [1.29, 1.82) is 0 Å². The van der Waals surface area contributed by atoms with E-state index in [4.69, 9.17) is 5.11 Å². The van der Waals surface area contributed by atoms with E-state index in [-0.39, 0.29) is 5.92 Å². The average Bonchev–Trinajstić information content (AvgIpc) is 1.82. The average molecular weight is 138 g/mol. The number of hydrogen-bond donors (Lipinski definition) is 1. The molecular formula is C9H14O. The molecule has 0 aliphatic heterocycles. The molecule has 0 rings (SSSR count). The van der Waals surface area contributed by atoms with Crippen molar-refractivity contribution in [3.63, 3.8) is 0 Å². The van der Waals surface area contributed by atoms with Crippen LogP contribution >= 0.6 is 0 Å². The molecule has 1 nitrogen and oxygen atoms in total. The Morgan fingerprint density at radius 3 is 2.30 bits per heavy atom. The van der Waals surface area contributed by atoms with Crippen molar-refractivity contribution in [1.82, 2.24) is 0 Å². The Labute approximate surface area is 62.8 Å². The molecule has 1 N–H and O–H groups in total. The Morgan fingerprint density at radius 2 is 2.00 bits per heavy atom. The Morgan fingerprint density at radius 1 is 1.50 bits per heavy atom. The highest BCUT2D eigenvalue weighted by molar-refractivity contribution is 5.24. The predicted molar refractivity (Wildman–Crippen MR) is 43.4 cm³/mol. The molecule has 0 aliphatic rings. The number of rotatable bonds is 1. The van der Waals surface area contributed by atoms with Crippen molar-refractivity contribution in [2.75, 3.05) is 0 Å². The zero-order valence-corrected chi connectivity index (χ0v) is 6.81. The van der Waals surface area contributed by atoms with E-state index < -0.39 is 6.10 Å². The third-order valence-corrected chi connectivity index (χ3v) is 1.06. The van der Waals surface area contributed by atoms with Gasteiger partial charge in [-0.2, -0.15) is 0 Å².